The lowest BCUT2D eigenvalue weighted by Gasteiger charge is -2.31. The molecule has 2 saturated heterocycles. The van der Waals surface area contributed by atoms with Gasteiger partial charge in [-0.15, -0.1) is 0 Å². The number of halogens is 1. The number of hydrogen-bond acceptors (Lipinski definition) is 5. The number of cyclic esters (lactones) is 1. The molecule has 2 fully saturated rings. The number of nitrogens with one attached hydrogen (secondary N) is 1. The number of imidazole rings is 1. The van der Waals surface area contributed by atoms with Gasteiger partial charge in [0.2, 0.25) is 11.7 Å². The fourth-order valence-corrected chi connectivity index (χ4v) is 3.96. The zero-order chi connectivity index (χ0) is 22.7. The third-order valence-electron chi connectivity index (χ3n) is 5.57. The van der Waals surface area contributed by atoms with Gasteiger partial charge >= 0.3 is 6.09 Å². The second kappa shape index (κ2) is 9.09. The second-order valence-electron chi connectivity index (χ2n) is 7.69. The minimum Gasteiger partial charge on any atom is -0.442 e. The molecule has 0 spiro atoms. The van der Waals surface area contributed by atoms with Gasteiger partial charge in [0.05, 0.1) is 36.9 Å². The minimum absolute atomic E-state index is 0.206. The summed E-state index contributed by atoms with van der Waals surface area (Å²) in [5, 5.41) is 2.62. The van der Waals surface area contributed by atoms with E-state index in [1.54, 1.807) is 35.4 Å². The average Bonchev–Trinajstić information content (AvgIpc) is 3.43. The van der Waals surface area contributed by atoms with E-state index in [4.69, 9.17) is 11.3 Å². The van der Waals surface area contributed by atoms with Crippen molar-refractivity contribution in [2.45, 2.75) is 25.9 Å². The third kappa shape index (κ3) is 4.42. The Kier molecular flexibility index (Phi) is 6.07. The van der Waals surface area contributed by atoms with Gasteiger partial charge in [0, 0.05) is 20.0 Å². The largest absolute Gasteiger partial charge is 0.442 e. The molecule has 0 bridgehead atoms. The highest BCUT2D eigenvalue weighted by atomic mass is 19.1. The molecule has 0 aliphatic carbocycles. The summed E-state index contributed by atoms with van der Waals surface area (Å²) in [6.07, 6.45) is 5.25. The van der Waals surface area contributed by atoms with Crippen molar-refractivity contribution < 1.29 is 18.7 Å². The molecule has 1 aromatic heterocycles. The van der Waals surface area contributed by atoms with Crippen LogP contribution in [0.3, 0.4) is 0 Å². The summed E-state index contributed by atoms with van der Waals surface area (Å²) in [5.74, 6) is -0.0737. The van der Waals surface area contributed by atoms with Gasteiger partial charge < -0.3 is 19.8 Å². The molecule has 1 N–H and O–H groups in total. The maximum absolute atomic E-state index is 15.0. The molecule has 10 heteroatoms. The van der Waals surface area contributed by atoms with E-state index in [1.165, 1.54) is 17.9 Å². The summed E-state index contributed by atoms with van der Waals surface area (Å²) in [7, 11) is 0. The Morgan fingerprint density at radius 3 is 2.78 bits per heavy atom. The van der Waals surface area contributed by atoms with E-state index in [-0.39, 0.29) is 19.0 Å². The van der Waals surface area contributed by atoms with E-state index in [0.29, 0.717) is 43.1 Å². The summed E-state index contributed by atoms with van der Waals surface area (Å²) in [5.41, 5.74) is 1.90. The van der Waals surface area contributed by atoms with Gasteiger partial charge in [-0.2, -0.15) is 0 Å². The van der Waals surface area contributed by atoms with E-state index in [0.717, 1.165) is 5.57 Å². The Hall–Kier alpha value is -3.87. The van der Waals surface area contributed by atoms with Gasteiger partial charge in [0.1, 0.15) is 11.9 Å². The number of amides is 2. The summed E-state index contributed by atoms with van der Waals surface area (Å²) < 4.78 is 21.9. The number of benzene rings is 1. The summed E-state index contributed by atoms with van der Waals surface area (Å²) >= 11 is 0. The van der Waals surface area contributed by atoms with E-state index in [2.05, 4.69) is 15.1 Å². The van der Waals surface area contributed by atoms with Gasteiger partial charge in [-0.05, 0) is 36.6 Å². The molecule has 2 aliphatic rings. The first-order chi connectivity index (χ1) is 15.5. The number of aromatic nitrogens is 2. The van der Waals surface area contributed by atoms with Crippen LogP contribution >= 0.6 is 0 Å². The lowest BCUT2D eigenvalue weighted by atomic mass is 10.0. The monoisotopic (exact) mass is 438 g/mol. The van der Waals surface area contributed by atoms with Crippen molar-refractivity contribution in [3.63, 3.8) is 0 Å². The van der Waals surface area contributed by atoms with Crippen LogP contribution in [0.5, 0.6) is 0 Å². The maximum Gasteiger partial charge on any atom is 0.414 e. The van der Waals surface area contributed by atoms with Crippen molar-refractivity contribution in [3.05, 3.63) is 59.7 Å². The molecule has 0 saturated carbocycles. The number of nitrogens with zero attached hydrogens (tertiary/aromatic N) is 5. The third-order valence-corrected chi connectivity index (χ3v) is 5.57. The van der Waals surface area contributed by atoms with Crippen LogP contribution in [0.4, 0.5) is 20.6 Å². The van der Waals surface area contributed by atoms with Crippen LogP contribution in [-0.4, -0.2) is 53.8 Å². The van der Waals surface area contributed by atoms with Crippen LogP contribution in [0.15, 0.2) is 42.5 Å². The number of hydrogen-bond donors (Lipinski definition) is 1. The number of piperidine rings is 1. The lowest BCUT2D eigenvalue weighted by molar-refractivity contribution is -0.119. The molecule has 2 aliphatic heterocycles. The molecule has 9 nitrogen and oxygen atoms in total. The second-order valence-corrected chi connectivity index (χ2v) is 7.69. The van der Waals surface area contributed by atoms with Crippen molar-refractivity contribution in [3.8, 4) is 0 Å². The Labute approximate surface area is 184 Å². The van der Waals surface area contributed by atoms with E-state index < -0.39 is 18.0 Å². The fraction of sp³-hybridized carbons (Fsp3) is 0.364. The highest BCUT2D eigenvalue weighted by Crippen LogP contribution is 2.31. The van der Waals surface area contributed by atoms with Gasteiger partial charge in [-0.1, -0.05) is 6.57 Å². The average molecular weight is 438 g/mol. The molecule has 1 aromatic carbocycles. The molecule has 3 heterocycles. The van der Waals surface area contributed by atoms with Gasteiger partial charge in [0.25, 0.3) is 0 Å². The van der Waals surface area contributed by atoms with Crippen LogP contribution in [0.25, 0.3) is 10.7 Å². The molecule has 166 valence electrons. The standard InChI is InChI=1S/C22H23FN6O3/c1-15(30)26-12-18-13-29(22(31)32-18)17-3-4-20(19(23)11-17)27-8-5-16(6-9-27)21(24-2)28-10-7-25-14-28/h3-4,7,10-11,14,18H,5-6,8-9,12-13H2,1H3,(H,26,30)/t18-/m0/s1. The first kappa shape index (κ1) is 21.4. The molecule has 2 amide bonds. The molecule has 2 aromatic rings. The normalized spacial score (nSPS) is 18.3. The summed E-state index contributed by atoms with van der Waals surface area (Å²) in [6.45, 7) is 10.5. The number of ether oxygens (including phenoxy) is 1. The predicted molar refractivity (Wildman–Crippen MR) is 116 cm³/mol. The topological polar surface area (TPSA) is 84.1 Å². The Morgan fingerprint density at radius 2 is 2.16 bits per heavy atom. The van der Waals surface area contributed by atoms with Crippen molar-refractivity contribution >= 4 is 29.2 Å². The number of carbonyl (C=O) groups is 2. The van der Waals surface area contributed by atoms with Crippen LogP contribution in [0, 0.1) is 12.4 Å². The fourth-order valence-electron chi connectivity index (χ4n) is 3.96. The molecule has 0 radical (unpaired) electrons. The molecule has 4 rings (SSSR count). The lowest BCUT2D eigenvalue weighted by Crippen LogP contribution is -2.33. The van der Waals surface area contributed by atoms with Crippen LogP contribution in [0.2, 0.25) is 0 Å². The van der Waals surface area contributed by atoms with Gasteiger partial charge in [-0.25, -0.2) is 14.2 Å². The quantitative estimate of drug-likeness (QED) is 0.726. The Morgan fingerprint density at radius 1 is 1.38 bits per heavy atom. The van der Waals surface area contributed by atoms with E-state index in [9.17, 15) is 14.0 Å². The Balaban J connectivity index is 1.43. The smallest absolute Gasteiger partial charge is 0.414 e. The van der Waals surface area contributed by atoms with Crippen LogP contribution in [0.1, 0.15) is 19.8 Å². The Bertz CT molecular complexity index is 1080. The number of carbonyl (C=O) groups excluding carboxylic acids is 2. The highest BCUT2D eigenvalue weighted by Gasteiger charge is 2.33. The van der Waals surface area contributed by atoms with Crippen molar-refractivity contribution in [2.75, 3.05) is 36.0 Å². The van der Waals surface area contributed by atoms with Crippen LogP contribution < -0.4 is 15.1 Å². The zero-order valence-corrected chi connectivity index (χ0v) is 17.6. The minimum atomic E-state index is -0.563. The molecule has 0 unspecified atom stereocenters. The van der Waals surface area contributed by atoms with Gasteiger partial charge in [-0.3, -0.25) is 14.3 Å². The first-order valence-electron chi connectivity index (χ1n) is 10.3. The molecule has 1 atom stereocenters. The van der Waals surface area contributed by atoms with Gasteiger partial charge in [0.15, 0.2) is 6.33 Å². The maximum atomic E-state index is 15.0. The predicted octanol–water partition coefficient (Wildman–Crippen LogP) is 2.87. The van der Waals surface area contributed by atoms with Crippen molar-refractivity contribution in [1.29, 1.82) is 0 Å². The van der Waals surface area contributed by atoms with Crippen molar-refractivity contribution in [2.24, 2.45) is 0 Å². The zero-order valence-electron chi connectivity index (χ0n) is 17.6. The summed E-state index contributed by atoms with van der Waals surface area (Å²) in [4.78, 5) is 34.2. The summed E-state index contributed by atoms with van der Waals surface area (Å²) in [6, 6.07) is 4.69. The molecular weight excluding hydrogens is 415 g/mol. The number of rotatable bonds is 5. The van der Waals surface area contributed by atoms with Crippen LogP contribution in [-0.2, 0) is 9.53 Å². The SMILES string of the molecule is [C-]#[N+]C(=C1CCN(c2ccc(N3C[C@H](CNC(C)=O)OC3=O)cc2F)CC1)n1ccnc1. The molecular formula is C22H23FN6O3. The highest BCUT2D eigenvalue weighted by molar-refractivity contribution is 5.90. The van der Waals surface area contributed by atoms with E-state index in [1.807, 2.05) is 4.90 Å². The van der Waals surface area contributed by atoms with E-state index >= 15 is 0 Å². The molecule has 32 heavy (non-hydrogen) atoms. The first-order valence-corrected chi connectivity index (χ1v) is 10.3. The van der Waals surface area contributed by atoms with Crippen molar-refractivity contribution in [1.82, 2.24) is 14.9 Å². The number of anilines is 2.